The molecule has 4 heteroatoms. The number of aromatic nitrogens is 1. The van der Waals surface area contributed by atoms with Crippen LogP contribution in [0.15, 0.2) is 164 Å². The van der Waals surface area contributed by atoms with Crippen molar-refractivity contribution in [1.29, 1.82) is 0 Å². The van der Waals surface area contributed by atoms with Gasteiger partial charge in [-0.3, -0.25) is 0 Å². The van der Waals surface area contributed by atoms with Crippen LogP contribution in [0.5, 0.6) is 0 Å². The minimum atomic E-state index is -0.271. The molecule has 2 aliphatic carbocycles. The standard InChI is InChI=1S/C72H70BN3/c1-43-37-58-59(71(10,11)36-35-70(58,8)9)42-62(43)76-61-34-33-50(74(48-29-25-46(26-30-48)68(2,3)4)49-31-27-47(28-32-49)69(5,6)7)40-54(61)56-41-55-51-21-16-17-23-57(51)72(12,13)64(55)67-65(56)73(76)60-24-18-22-52-53-38-44-19-14-15-20-45(44)39-63(53)75(67)66(52)60/h14-34,37-42H,35-36H2,1-13H3. The number of aryl methyl sites for hydroxylation is 1. The average Bonchev–Trinajstić information content (AvgIpc) is 3.55. The predicted octanol–water partition coefficient (Wildman–Crippen LogP) is 18.2. The first kappa shape index (κ1) is 47.2. The van der Waals surface area contributed by atoms with E-state index in [0.29, 0.717) is 0 Å². The van der Waals surface area contributed by atoms with Gasteiger partial charge in [0.1, 0.15) is 0 Å². The summed E-state index contributed by atoms with van der Waals surface area (Å²) < 4.78 is 2.73. The Bertz CT molecular complexity index is 4050. The lowest BCUT2D eigenvalue weighted by Crippen LogP contribution is -2.61. The highest BCUT2D eigenvalue weighted by molar-refractivity contribution is 6.93. The van der Waals surface area contributed by atoms with Crippen LogP contribution in [0, 0.1) is 6.92 Å². The Morgan fingerprint density at radius 1 is 0.487 bits per heavy atom. The summed E-state index contributed by atoms with van der Waals surface area (Å²) in [6, 6.07) is 64.2. The van der Waals surface area contributed by atoms with Crippen molar-refractivity contribution in [1.82, 2.24) is 4.57 Å². The van der Waals surface area contributed by atoms with Crippen LogP contribution in [0.4, 0.5) is 28.4 Å². The molecule has 0 atom stereocenters. The van der Waals surface area contributed by atoms with Crippen LogP contribution in [0.1, 0.15) is 135 Å². The number of fused-ring (bicyclic) bond motifs is 13. The third-order valence-electron chi connectivity index (χ3n) is 18.8. The van der Waals surface area contributed by atoms with E-state index in [9.17, 15) is 0 Å². The summed E-state index contributed by atoms with van der Waals surface area (Å²) in [6.07, 6.45) is 2.34. The van der Waals surface area contributed by atoms with E-state index in [0.717, 1.165) is 23.5 Å². The quantitative estimate of drug-likeness (QED) is 0.163. The van der Waals surface area contributed by atoms with Gasteiger partial charge in [-0.15, -0.1) is 0 Å². The molecule has 9 aromatic carbocycles. The maximum absolute atomic E-state index is 2.80. The zero-order chi connectivity index (χ0) is 52.7. The molecule has 1 aromatic heterocycles. The van der Waals surface area contributed by atoms with Gasteiger partial charge in [-0.25, -0.2) is 0 Å². The van der Waals surface area contributed by atoms with Crippen molar-refractivity contribution in [2.24, 2.45) is 0 Å². The molecule has 0 N–H and O–H groups in total. The number of anilines is 5. The Morgan fingerprint density at radius 2 is 1.08 bits per heavy atom. The normalized spacial score (nSPS) is 16.4. The molecule has 0 saturated carbocycles. The van der Waals surface area contributed by atoms with Gasteiger partial charge >= 0.3 is 6.85 Å². The first-order chi connectivity index (χ1) is 36.1. The lowest BCUT2D eigenvalue weighted by atomic mass is 9.43. The molecular formula is C72H70BN3. The molecule has 3 heterocycles. The lowest BCUT2D eigenvalue weighted by molar-refractivity contribution is 0.332. The van der Waals surface area contributed by atoms with Crippen LogP contribution in [0.25, 0.3) is 60.5 Å². The highest BCUT2D eigenvalue weighted by Gasteiger charge is 2.50. The van der Waals surface area contributed by atoms with Gasteiger partial charge in [-0.1, -0.05) is 180 Å². The summed E-state index contributed by atoms with van der Waals surface area (Å²) in [6.45, 7) is 30.9. The molecule has 76 heavy (non-hydrogen) atoms. The number of hydrogen-bond donors (Lipinski definition) is 0. The number of para-hydroxylation sites is 1. The van der Waals surface area contributed by atoms with Gasteiger partial charge in [-0.05, 0) is 185 Å². The summed E-state index contributed by atoms with van der Waals surface area (Å²) in [5.41, 5.74) is 27.6. The fourth-order valence-electron chi connectivity index (χ4n) is 14.4. The SMILES string of the molecule is Cc1cc2c(cc1N1B3c4c(cc5c(c4-n4c6cc7ccccc7cc6c6cccc3c64)C(C)(C)c3ccccc3-5)-c3cc(N(c4ccc(C(C)(C)C)cc4)c4ccc(C(C)(C)C)cc4)ccc31)C(C)(C)CCC2(C)C. The molecule has 0 saturated heterocycles. The molecule has 376 valence electrons. The molecule has 10 aromatic rings. The van der Waals surface area contributed by atoms with E-state index in [2.05, 4.69) is 268 Å². The van der Waals surface area contributed by atoms with E-state index >= 15 is 0 Å². The zero-order valence-corrected chi connectivity index (χ0v) is 46.9. The van der Waals surface area contributed by atoms with Gasteiger partial charge in [0.25, 0.3) is 0 Å². The van der Waals surface area contributed by atoms with Crippen molar-refractivity contribution in [3.05, 3.63) is 203 Å². The highest BCUT2D eigenvalue weighted by atomic mass is 15.2. The van der Waals surface area contributed by atoms with E-state index < -0.39 is 0 Å². The van der Waals surface area contributed by atoms with Crippen LogP contribution >= 0.6 is 0 Å². The van der Waals surface area contributed by atoms with Crippen molar-refractivity contribution in [3.63, 3.8) is 0 Å². The van der Waals surface area contributed by atoms with Gasteiger partial charge in [0, 0.05) is 55.9 Å². The van der Waals surface area contributed by atoms with Crippen LogP contribution in [0.2, 0.25) is 0 Å². The Balaban J connectivity index is 1.13. The predicted molar refractivity (Wildman–Crippen MR) is 327 cm³/mol. The third-order valence-corrected chi connectivity index (χ3v) is 18.8. The highest BCUT2D eigenvalue weighted by Crippen LogP contribution is 2.57. The molecular weight excluding hydrogens is 918 g/mol. The lowest BCUT2D eigenvalue weighted by Gasteiger charge is -2.46. The van der Waals surface area contributed by atoms with E-state index in [-0.39, 0.29) is 33.9 Å². The first-order valence-electron chi connectivity index (χ1n) is 28.0. The molecule has 0 fully saturated rings. The molecule has 0 amide bonds. The molecule has 4 aliphatic rings. The summed E-state index contributed by atoms with van der Waals surface area (Å²) in [5.74, 6) is 0. The van der Waals surface area contributed by atoms with E-state index in [1.54, 1.807) is 0 Å². The fraction of sp³-hybridized carbons (Fsp3) is 0.278. The van der Waals surface area contributed by atoms with Gasteiger partial charge in [-0.2, -0.15) is 0 Å². The smallest absolute Gasteiger partial charge is 0.333 e. The monoisotopic (exact) mass is 988 g/mol. The Hall–Kier alpha value is -7.30. The number of benzene rings is 9. The van der Waals surface area contributed by atoms with Gasteiger partial charge in [0.15, 0.2) is 0 Å². The Kier molecular flexibility index (Phi) is 9.72. The van der Waals surface area contributed by atoms with Crippen LogP contribution in [-0.2, 0) is 27.1 Å². The minimum Gasteiger partial charge on any atom is -0.376 e. The zero-order valence-electron chi connectivity index (χ0n) is 46.9. The van der Waals surface area contributed by atoms with Crippen molar-refractivity contribution in [2.45, 2.75) is 130 Å². The second-order valence-electron chi connectivity index (χ2n) is 26.9. The van der Waals surface area contributed by atoms with Gasteiger partial charge in [0.2, 0.25) is 0 Å². The molecule has 0 radical (unpaired) electrons. The van der Waals surface area contributed by atoms with Crippen LogP contribution in [0.3, 0.4) is 0 Å². The number of rotatable bonds is 4. The molecule has 2 aliphatic heterocycles. The average molecular weight is 988 g/mol. The largest absolute Gasteiger partial charge is 0.376 e. The van der Waals surface area contributed by atoms with Crippen LogP contribution in [-0.4, -0.2) is 11.4 Å². The van der Waals surface area contributed by atoms with E-state index in [1.807, 2.05) is 0 Å². The number of nitrogens with zero attached hydrogens (tertiary/aromatic N) is 3. The van der Waals surface area contributed by atoms with Crippen molar-refractivity contribution >= 4 is 78.8 Å². The molecule has 3 nitrogen and oxygen atoms in total. The third kappa shape index (κ3) is 6.61. The topological polar surface area (TPSA) is 11.4 Å². The van der Waals surface area contributed by atoms with Gasteiger partial charge < -0.3 is 14.3 Å². The minimum absolute atomic E-state index is 0.0298. The fourth-order valence-corrected chi connectivity index (χ4v) is 14.4. The van der Waals surface area contributed by atoms with Crippen molar-refractivity contribution in [3.8, 4) is 27.9 Å². The van der Waals surface area contributed by atoms with Crippen LogP contribution < -0.4 is 20.6 Å². The summed E-state index contributed by atoms with van der Waals surface area (Å²) in [5, 5.41) is 5.15. The second kappa shape index (κ2) is 15.7. The second-order valence-corrected chi connectivity index (χ2v) is 26.9. The summed E-state index contributed by atoms with van der Waals surface area (Å²) >= 11 is 0. The Labute approximate surface area is 451 Å². The van der Waals surface area contributed by atoms with E-state index in [4.69, 9.17) is 0 Å². The summed E-state index contributed by atoms with van der Waals surface area (Å²) in [4.78, 5) is 5.29. The molecule has 0 unspecified atom stereocenters. The molecule has 14 rings (SSSR count). The van der Waals surface area contributed by atoms with E-state index in [1.165, 1.54) is 128 Å². The summed E-state index contributed by atoms with van der Waals surface area (Å²) in [7, 11) is 0. The molecule has 0 spiro atoms. The molecule has 0 bridgehead atoms. The maximum atomic E-state index is 2.80. The van der Waals surface area contributed by atoms with Crippen molar-refractivity contribution in [2.75, 3.05) is 9.71 Å². The first-order valence-corrected chi connectivity index (χ1v) is 28.0. The Morgan fingerprint density at radius 3 is 1.72 bits per heavy atom. The maximum Gasteiger partial charge on any atom is 0.333 e. The number of hydrogen-bond acceptors (Lipinski definition) is 2. The van der Waals surface area contributed by atoms with Crippen molar-refractivity contribution < 1.29 is 0 Å². The van der Waals surface area contributed by atoms with Gasteiger partial charge in [0.05, 0.1) is 11.0 Å².